The predicted octanol–water partition coefficient (Wildman–Crippen LogP) is 5.40. The van der Waals surface area contributed by atoms with Crippen molar-refractivity contribution in [2.75, 3.05) is 20.3 Å². The van der Waals surface area contributed by atoms with Gasteiger partial charge in [0.15, 0.2) is 4.80 Å². The molecule has 228 valence electrons. The van der Waals surface area contributed by atoms with Crippen LogP contribution in [0.1, 0.15) is 48.5 Å². The predicted molar refractivity (Wildman–Crippen MR) is 171 cm³/mol. The Morgan fingerprint density at radius 1 is 0.956 bits per heavy atom. The van der Waals surface area contributed by atoms with Gasteiger partial charge < -0.3 is 18.6 Å². The normalized spacial score (nSPS) is 14.7. The molecule has 0 aliphatic carbocycles. The van der Waals surface area contributed by atoms with Gasteiger partial charge in [-0.15, -0.1) is 0 Å². The Labute approximate surface area is 262 Å². The van der Waals surface area contributed by atoms with Gasteiger partial charge in [-0.2, -0.15) is 0 Å². The molecule has 0 bridgehead atoms. The van der Waals surface area contributed by atoms with Gasteiger partial charge in [-0.1, -0.05) is 53.8 Å². The van der Waals surface area contributed by atoms with Crippen LogP contribution < -0.4 is 19.6 Å². The summed E-state index contributed by atoms with van der Waals surface area (Å²) in [4.78, 5) is 44.8. The first-order valence-electron chi connectivity index (χ1n) is 14.5. The van der Waals surface area contributed by atoms with Gasteiger partial charge in [0.2, 0.25) is 0 Å². The number of ether oxygens (including phenoxy) is 3. The molecular formula is C35H30N2O7S. The number of aromatic nitrogens is 1. The molecule has 3 aromatic carbocycles. The summed E-state index contributed by atoms with van der Waals surface area (Å²) in [5, 5.41) is 1.78. The number of benzene rings is 3. The van der Waals surface area contributed by atoms with E-state index in [0.29, 0.717) is 50.0 Å². The molecule has 0 fully saturated rings. The minimum Gasteiger partial charge on any atom is -0.496 e. The van der Waals surface area contributed by atoms with Crippen molar-refractivity contribution in [3.63, 3.8) is 0 Å². The van der Waals surface area contributed by atoms with Crippen molar-refractivity contribution in [1.29, 1.82) is 0 Å². The molecule has 3 heterocycles. The summed E-state index contributed by atoms with van der Waals surface area (Å²) in [6.07, 6.45) is 1.67. The summed E-state index contributed by atoms with van der Waals surface area (Å²) in [6.45, 7) is 5.72. The molecule has 0 amide bonds. The second-order valence-corrected chi connectivity index (χ2v) is 11.2. The van der Waals surface area contributed by atoms with Gasteiger partial charge in [0, 0.05) is 17.2 Å². The van der Waals surface area contributed by atoms with Crippen LogP contribution in [0.2, 0.25) is 0 Å². The second-order valence-electron chi connectivity index (χ2n) is 10.2. The molecule has 5 aromatic rings. The Balaban J connectivity index is 1.48. The average molecular weight is 623 g/mol. The van der Waals surface area contributed by atoms with Crippen LogP contribution in [-0.2, 0) is 14.3 Å². The average Bonchev–Trinajstić information content (AvgIpc) is 3.64. The molecule has 9 nitrogen and oxygen atoms in total. The molecule has 1 aliphatic heterocycles. The number of rotatable bonds is 8. The van der Waals surface area contributed by atoms with E-state index in [4.69, 9.17) is 18.6 Å². The smallest absolute Gasteiger partial charge is 0.338 e. The van der Waals surface area contributed by atoms with E-state index in [9.17, 15) is 14.4 Å². The Morgan fingerprint density at radius 3 is 2.42 bits per heavy atom. The summed E-state index contributed by atoms with van der Waals surface area (Å²) in [7, 11) is 1.57. The molecule has 2 aromatic heterocycles. The van der Waals surface area contributed by atoms with Crippen molar-refractivity contribution in [2.24, 2.45) is 4.99 Å². The Morgan fingerprint density at radius 2 is 1.69 bits per heavy atom. The molecule has 0 radical (unpaired) electrons. The van der Waals surface area contributed by atoms with Crippen molar-refractivity contribution in [1.82, 2.24) is 4.57 Å². The molecule has 0 saturated heterocycles. The van der Waals surface area contributed by atoms with E-state index in [1.165, 1.54) is 15.9 Å². The third-order valence-electron chi connectivity index (χ3n) is 7.52. The van der Waals surface area contributed by atoms with Crippen LogP contribution in [0.25, 0.3) is 28.2 Å². The first-order chi connectivity index (χ1) is 21.8. The number of fused-ring (bicyclic) bond motifs is 2. The van der Waals surface area contributed by atoms with E-state index in [1.54, 1.807) is 70.4 Å². The standard InChI is InChI=1S/C35H30N2O7S/c1-5-42-33(39)23-13-11-22(12-14-23)26-18-16-24(44-26)19-28-32(38)37-31(29(34(40)43-6-2)20(3)36-35(37)45-28)30-25-10-8-7-9-21(25)15-17-27(30)41-4/h7-19,31H,5-6H2,1-4H3/b28-19+/t31-/m0/s1. The van der Waals surface area contributed by atoms with E-state index in [2.05, 4.69) is 4.99 Å². The van der Waals surface area contributed by atoms with Gasteiger partial charge >= 0.3 is 11.9 Å². The van der Waals surface area contributed by atoms with Gasteiger partial charge in [-0.05, 0) is 61.9 Å². The first kappa shape index (κ1) is 29.8. The number of hydrogen-bond donors (Lipinski definition) is 0. The third-order valence-corrected chi connectivity index (χ3v) is 8.50. The number of nitrogens with zero attached hydrogens (tertiary/aromatic N) is 2. The molecule has 1 atom stereocenters. The summed E-state index contributed by atoms with van der Waals surface area (Å²) < 4.78 is 24.3. The number of methoxy groups -OCH3 is 1. The number of furan rings is 1. The van der Waals surface area contributed by atoms with Crippen LogP contribution in [0.15, 0.2) is 98.3 Å². The Hall–Kier alpha value is -5.22. The summed E-state index contributed by atoms with van der Waals surface area (Å²) in [5.41, 5.74) is 2.30. The third kappa shape index (κ3) is 5.49. The number of carbonyl (C=O) groups is 2. The van der Waals surface area contributed by atoms with Gasteiger partial charge in [0.1, 0.15) is 23.3 Å². The maximum absolute atomic E-state index is 14.2. The number of thiazole rings is 1. The lowest BCUT2D eigenvalue weighted by Gasteiger charge is -2.27. The van der Waals surface area contributed by atoms with Crippen molar-refractivity contribution >= 4 is 40.1 Å². The maximum atomic E-state index is 14.2. The number of carbonyl (C=O) groups excluding carboxylic acids is 2. The highest BCUT2D eigenvalue weighted by Crippen LogP contribution is 2.40. The number of hydrogen-bond acceptors (Lipinski definition) is 9. The van der Waals surface area contributed by atoms with Gasteiger partial charge in [-0.3, -0.25) is 9.36 Å². The van der Waals surface area contributed by atoms with Crippen molar-refractivity contribution in [2.45, 2.75) is 26.8 Å². The highest BCUT2D eigenvalue weighted by atomic mass is 32.1. The molecule has 0 unspecified atom stereocenters. The van der Waals surface area contributed by atoms with Crippen molar-refractivity contribution < 1.29 is 28.2 Å². The van der Waals surface area contributed by atoms with Gasteiger partial charge in [0.05, 0.1) is 41.7 Å². The molecular weight excluding hydrogens is 592 g/mol. The monoisotopic (exact) mass is 622 g/mol. The largest absolute Gasteiger partial charge is 0.496 e. The number of esters is 2. The van der Waals surface area contributed by atoms with Crippen LogP contribution in [0.4, 0.5) is 0 Å². The van der Waals surface area contributed by atoms with Gasteiger partial charge in [-0.25, -0.2) is 14.6 Å². The van der Waals surface area contributed by atoms with E-state index in [0.717, 1.165) is 16.3 Å². The molecule has 0 spiro atoms. The molecule has 6 rings (SSSR count). The molecule has 0 saturated carbocycles. The van der Waals surface area contributed by atoms with E-state index >= 15 is 0 Å². The van der Waals surface area contributed by atoms with Crippen LogP contribution in [0.5, 0.6) is 5.75 Å². The lowest BCUT2D eigenvalue weighted by atomic mass is 9.90. The fraction of sp³-hybridized carbons (Fsp3) is 0.200. The molecule has 10 heteroatoms. The summed E-state index contributed by atoms with van der Waals surface area (Å²) >= 11 is 1.21. The quantitative estimate of drug-likeness (QED) is 0.213. The fourth-order valence-electron chi connectivity index (χ4n) is 5.50. The van der Waals surface area contributed by atoms with Crippen LogP contribution >= 0.6 is 11.3 Å². The van der Waals surface area contributed by atoms with E-state index < -0.39 is 12.0 Å². The van der Waals surface area contributed by atoms with Crippen molar-refractivity contribution in [3.05, 3.63) is 121 Å². The highest BCUT2D eigenvalue weighted by molar-refractivity contribution is 7.07. The van der Waals surface area contributed by atoms with Crippen LogP contribution in [0, 0.1) is 0 Å². The lowest BCUT2D eigenvalue weighted by Crippen LogP contribution is -2.40. The molecule has 0 N–H and O–H groups in total. The van der Waals surface area contributed by atoms with Crippen LogP contribution in [0.3, 0.4) is 0 Å². The molecule has 1 aliphatic rings. The zero-order chi connectivity index (χ0) is 31.7. The highest BCUT2D eigenvalue weighted by Gasteiger charge is 2.36. The topological polar surface area (TPSA) is 109 Å². The minimum atomic E-state index is -0.839. The lowest BCUT2D eigenvalue weighted by molar-refractivity contribution is -0.139. The van der Waals surface area contributed by atoms with E-state index in [1.807, 2.05) is 36.4 Å². The zero-order valence-corrected chi connectivity index (χ0v) is 26.0. The Bertz CT molecular complexity index is 2150. The van der Waals surface area contributed by atoms with Crippen molar-refractivity contribution in [3.8, 4) is 17.1 Å². The van der Waals surface area contributed by atoms with Gasteiger partial charge in [0.25, 0.3) is 5.56 Å². The zero-order valence-electron chi connectivity index (χ0n) is 25.2. The second kappa shape index (κ2) is 12.4. The fourth-order valence-corrected chi connectivity index (χ4v) is 6.53. The molecule has 45 heavy (non-hydrogen) atoms. The first-order valence-corrected chi connectivity index (χ1v) is 15.3. The minimum absolute atomic E-state index is 0.172. The van der Waals surface area contributed by atoms with Crippen LogP contribution in [-0.4, -0.2) is 36.8 Å². The SMILES string of the molecule is CCOC(=O)C1=C(C)N=c2s/c(=C/c3ccc(-c4ccc(C(=O)OCC)cc4)o3)c(=O)n2[C@@H]1c1c(OC)ccc2ccccc12. The Kier molecular flexibility index (Phi) is 8.23. The summed E-state index contributed by atoms with van der Waals surface area (Å²) in [5.74, 6) is 0.640. The summed E-state index contributed by atoms with van der Waals surface area (Å²) in [6, 6.07) is 21.2. The van der Waals surface area contributed by atoms with E-state index in [-0.39, 0.29) is 23.7 Å². The maximum Gasteiger partial charge on any atom is 0.338 e. The number of allylic oxidation sites excluding steroid dienone is 1.